The van der Waals surface area contributed by atoms with E-state index in [2.05, 4.69) is 11.9 Å². The van der Waals surface area contributed by atoms with Gasteiger partial charge in [0, 0.05) is 19.3 Å². The van der Waals surface area contributed by atoms with Gasteiger partial charge in [-0.15, -0.1) is 0 Å². The van der Waals surface area contributed by atoms with Gasteiger partial charge in [0.2, 0.25) is 0 Å². The van der Waals surface area contributed by atoms with Gasteiger partial charge in [-0.05, 0) is 24.0 Å². The zero-order valence-corrected chi connectivity index (χ0v) is 11.2. The van der Waals surface area contributed by atoms with Crippen LogP contribution in [0.4, 0.5) is 0 Å². The van der Waals surface area contributed by atoms with Gasteiger partial charge in [0.15, 0.2) is 5.03 Å². The lowest BCUT2D eigenvalue weighted by Crippen LogP contribution is -2.29. The van der Waals surface area contributed by atoms with E-state index in [1.807, 2.05) is 0 Å². The van der Waals surface area contributed by atoms with Crippen molar-refractivity contribution in [2.45, 2.75) is 31.4 Å². The molecule has 1 aliphatic rings. The van der Waals surface area contributed by atoms with Gasteiger partial charge in [0.05, 0.1) is 6.61 Å². The number of rotatable bonds is 4. The molecule has 1 atom stereocenters. The van der Waals surface area contributed by atoms with Crippen molar-refractivity contribution in [3.8, 4) is 0 Å². The fourth-order valence-corrected chi connectivity index (χ4v) is 3.58. The monoisotopic (exact) mass is 270 g/mol. The Hall–Kier alpha value is -0.980. The van der Waals surface area contributed by atoms with Crippen molar-refractivity contribution in [2.75, 3.05) is 13.1 Å². The maximum absolute atomic E-state index is 12.3. The normalized spacial score (nSPS) is 21.3. The standard InChI is InChI=1S/C12H18N2O3S/c1-2-10-5-6-14(8-10)18(16,17)12-4-3-11(9-15)7-13-12/h3-4,7,10,15H,2,5-6,8-9H2,1H3. The molecular weight excluding hydrogens is 252 g/mol. The molecule has 0 spiro atoms. The zero-order valence-electron chi connectivity index (χ0n) is 10.4. The third kappa shape index (κ3) is 2.55. The van der Waals surface area contributed by atoms with Crippen LogP contribution in [-0.4, -0.2) is 35.9 Å². The minimum absolute atomic E-state index is 0.0662. The van der Waals surface area contributed by atoms with Crippen molar-refractivity contribution in [1.82, 2.24) is 9.29 Å². The molecule has 1 aliphatic heterocycles. The van der Waals surface area contributed by atoms with Crippen LogP contribution in [-0.2, 0) is 16.6 Å². The molecule has 1 fully saturated rings. The Balaban J connectivity index is 2.20. The smallest absolute Gasteiger partial charge is 0.260 e. The Morgan fingerprint density at radius 1 is 1.50 bits per heavy atom. The topological polar surface area (TPSA) is 70.5 Å². The van der Waals surface area contributed by atoms with E-state index in [0.29, 0.717) is 24.6 Å². The predicted molar refractivity (Wildman–Crippen MR) is 67.3 cm³/mol. The molecule has 0 saturated carbocycles. The maximum atomic E-state index is 12.3. The summed E-state index contributed by atoms with van der Waals surface area (Å²) in [6.45, 7) is 3.11. The van der Waals surface area contributed by atoms with Gasteiger partial charge in [-0.2, -0.15) is 4.31 Å². The minimum atomic E-state index is -3.47. The summed E-state index contributed by atoms with van der Waals surface area (Å²) >= 11 is 0. The van der Waals surface area contributed by atoms with E-state index in [-0.39, 0.29) is 11.6 Å². The van der Waals surface area contributed by atoms with E-state index < -0.39 is 10.0 Å². The molecule has 1 aromatic rings. The Morgan fingerprint density at radius 2 is 2.28 bits per heavy atom. The summed E-state index contributed by atoms with van der Waals surface area (Å²) in [6, 6.07) is 3.05. The molecule has 1 N–H and O–H groups in total. The largest absolute Gasteiger partial charge is 0.392 e. The van der Waals surface area contributed by atoms with Crippen LogP contribution in [0.3, 0.4) is 0 Å². The van der Waals surface area contributed by atoms with Crippen LogP contribution in [0.15, 0.2) is 23.4 Å². The molecule has 6 heteroatoms. The van der Waals surface area contributed by atoms with E-state index in [0.717, 1.165) is 12.8 Å². The van der Waals surface area contributed by atoms with Gasteiger partial charge in [-0.3, -0.25) is 0 Å². The second-order valence-electron chi connectivity index (χ2n) is 4.59. The Kier molecular flexibility index (Phi) is 3.99. The van der Waals surface area contributed by atoms with Crippen LogP contribution >= 0.6 is 0 Å². The number of pyridine rings is 1. The van der Waals surface area contributed by atoms with E-state index in [1.165, 1.54) is 16.6 Å². The highest BCUT2D eigenvalue weighted by Crippen LogP contribution is 2.25. The Bertz CT molecular complexity index is 499. The molecule has 0 amide bonds. The number of nitrogens with zero attached hydrogens (tertiary/aromatic N) is 2. The lowest BCUT2D eigenvalue weighted by Gasteiger charge is -2.15. The fourth-order valence-electron chi connectivity index (χ4n) is 2.14. The van der Waals surface area contributed by atoms with E-state index >= 15 is 0 Å². The number of aromatic nitrogens is 1. The summed E-state index contributed by atoms with van der Waals surface area (Å²) in [4.78, 5) is 3.93. The molecule has 100 valence electrons. The Labute approximate surface area is 108 Å². The first-order chi connectivity index (χ1) is 8.57. The highest BCUT2D eigenvalue weighted by Gasteiger charge is 2.32. The molecule has 0 bridgehead atoms. The summed E-state index contributed by atoms with van der Waals surface area (Å²) < 4.78 is 26.1. The zero-order chi connectivity index (χ0) is 13.2. The number of hydrogen-bond acceptors (Lipinski definition) is 4. The van der Waals surface area contributed by atoms with Crippen molar-refractivity contribution < 1.29 is 13.5 Å². The summed E-state index contributed by atoms with van der Waals surface area (Å²) in [5.41, 5.74) is 0.613. The molecule has 0 aromatic carbocycles. The number of aliphatic hydroxyl groups excluding tert-OH is 1. The van der Waals surface area contributed by atoms with Crippen LogP contribution < -0.4 is 0 Å². The molecule has 0 radical (unpaired) electrons. The summed E-state index contributed by atoms with van der Waals surface area (Å²) in [6.07, 6.45) is 3.33. The fraction of sp³-hybridized carbons (Fsp3) is 0.583. The third-order valence-corrected chi connectivity index (χ3v) is 5.19. The molecule has 1 saturated heterocycles. The van der Waals surface area contributed by atoms with Gasteiger partial charge in [-0.25, -0.2) is 13.4 Å². The SMILES string of the molecule is CCC1CCN(S(=O)(=O)c2ccc(CO)cn2)C1. The Morgan fingerprint density at radius 3 is 2.78 bits per heavy atom. The molecule has 1 unspecified atom stereocenters. The van der Waals surface area contributed by atoms with Crippen molar-refractivity contribution in [1.29, 1.82) is 0 Å². The van der Waals surface area contributed by atoms with Crippen molar-refractivity contribution >= 4 is 10.0 Å². The lowest BCUT2D eigenvalue weighted by atomic mass is 10.1. The summed E-state index contributed by atoms with van der Waals surface area (Å²) in [5.74, 6) is 0.455. The minimum Gasteiger partial charge on any atom is -0.392 e. The predicted octanol–water partition coefficient (Wildman–Crippen LogP) is 0.995. The molecular formula is C12H18N2O3S. The van der Waals surface area contributed by atoms with Crippen LogP contribution in [0.1, 0.15) is 25.3 Å². The van der Waals surface area contributed by atoms with Gasteiger partial charge in [-0.1, -0.05) is 19.4 Å². The second-order valence-corrected chi connectivity index (χ2v) is 6.47. The maximum Gasteiger partial charge on any atom is 0.260 e. The van der Waals surface area contributed by atoms with Crippen molar-refractivity contribution in [2.24, 2.45) is 5.92 Å². The van der Waals surface area contributed by atoms with E-state index in [9.17, 15) is 8.42 Å². The number of hydrogen-bond donors (Lipinski definition) is 1. The first-order valence-corrected chi connectivity index (χ1v) is 7.58. The third-order valence-electron chi connectivity index (χ3n) is 3.41. The van der Waals surface area contributed by atoms with Crippen LogP contribution in [0.5, 0.6) is 0 Å². The highest BCUT2D eigenvalue weighted by molar-refractivity contribution is 7.89. The van der Waals surface area contributed by atoms with Gasteiger partial charge in [0.25, 0.3) is 10.0 Å². The first-order valence-electron chi connectivity index (χ1n) is 6.14. The van der Waals surface area contributed by atoms with E-state index in [4.69, 9.17) is 5.11 Å². The van der Waals surface area contributed by atoms with Gasteiger partial charge in [0.1, 0.15) is 0 Å². The highest BCUT2D eigenvalue weighted by atomic mass is 32.2. The number of sulfonamides is 1. The molecule has 2 heterocycles. The lowest BCUT2D eigenvalue weighted by molar-refractivity contribution is 0.281. The molecule has 1 aromatic heterocycles. The second kappa shape index (κ2) is 5.34. The van der Waals surface area contributed by atoms with Crippen LogP contribution in [0, 0.1) is 5.92 Å². The number of aliphatic hydroxyl groups is 1. The van der Waals surface area contributed by atoms with Crippen LogP contribution in [0.2, 0.25) is 0 Å². The molecule has 18 heavy (non-hydrogen) atoms. The van der Waals surface area contributed by atoms with Crippen molar-refractivity contribution in [3.63, 3.8) is 0 Å². The summed E-state index contributed by atoms with van der Waals surface area (Å²) in [7, 11) is -3.47. The van der Waals surface area contributed by atoms with Crippen molar-refractivity contribution in [3.05, 3.63) is 23.9 Å². The van der Waals surface area contributed by atoms with Gasteiger partial charge < -0.3 is 5.11 Å². The molecule has 5 nitrogen and oxygen atoms in total. The quantitative estimate of drug-likeness (QED) is 0.886. The first kappa shape index (κ1) is 13.5. The van der Waals surface area contributed by atoms with Crippen LogP contribution in [0.25, 0.3) is 0 Å². The van der Waals surface area contributed by atoms with E-state index in [1.54, 1.807) is 6.07 Å². The average Bonchev–Trinajstić information content (AvgIpc) is 2.88. The molecule has 0 aliphatic carbocycles. The summed E-state index contributed by atoms with van der Waals surface area (Å²) in [5, 5.41) is 8.98. The average molecular weight is 270 g/mol. The van der Waals surface area contributed by atoms with Gasteiger partial charge >= 0.3 is 0 Å². The molecule has 2 rings (SSSR count).